The number of ether oxygens (including phenoxy) is 1. The molecule has 0 fully saturated rings. The topological polar surface area (TPSA) is 82.3 Å². The van der Waals surface area contributed by atoms with Crippen LogP contribution in [0.1, 0.15) is 11.1 Å². The number of carboxylic acids is 1. The molecule has 5 heteroatoms. The predicted molar refractivity (Wildman–Crippen MR) is 62.8 cm³/mol. The second-order valence-corrected chi connectivity index (χ2v) is 3.53. The number of nitriles is 1. The van der Waals surface area contributed by atoms with E-state index in [0.29, 0.717) is 12.1 Å². The van der Waals surface area contributed by atoms with Gasteiger partial charge in [-0.25, -0.2) is 4.79 Å². The van der Waals surface area contributed by atoms with E-state index in [2.05, 4.69) is 11.4 Å². The lowest BCUT2D eigenvalue weighted by molar-refractivity contribution is -0.142. The molecule has 0 saturated carbocycles. The van der Waals surface area contributed by atoms with Gasteiger partial charge in [0, 0.05) is 6.54 Å². The molecule has 2 N–H and O–H groups in total. The zero-order valence-corrected chi connectivity index (χ0v) is 9.56. The molecule has 0 saturated heterocycles. The van der Waals surface area contributed by atoms with Gasteiger partial charge in [-0.05, 0) is 24.6 Å². The number of rotatable bonds is 6. The molecule has 0 aliphatic rings. The van der Waals surface area contributed by atoms with Crippen LogP contribution in [-0.4, -0.2) is 30.8 Å². The van der Waals surface area contributed by atoms with Crippen LogP contribution in [0, 0.1) is 18.3 Å². The van der Waals surface area contributed by atoms with E-state index < -0.39 is 5.97 Å². The van der Waals surface area contributed by atoms with Gasteiger partial charge in [0.15, 0.2) is 0 Å². The quantitative estimate of drug-likeness (QED) is 0.726. The van der Waals surface area contributed by atoms with Crippen molar-refractivity contribution in [1.29, 1.82) is 5.26 Å². The molecule has 0 aliphatic heterocycles. The highest BCUT2D eigenvalue weighted by molar-refractivity contribution is 5.68. The first-order valence-corrected chi connectivity index (χ1v) is 5.17. The summed E-state index contributed by atoms with van der Waals surface area (Å²) in [6, 6.07) is 7.62. The largest absolute Gasteiger partial charge is 0.480 e. The Morgan fingerprint density at radius 1 is 1.59 bits per heavy atom. The number of nitrogens with one attached hydrogen (secondary N) is 1. The fourth-order valence-corrected chi connectivity index (χ4v) is 1.32. The van der Waals surface area contributed by atoms with Crippen LogP contribution < -0.4 is 5.32 Å². The summed E-state index contributed by atoms with van der Waals surface area (Å²) in [5.74, 6) is -0.988. The third-order valence-electron chi connectivity index (χ3n) is 2.08. The molecule has 0 bridgehead atoms. The molecule has 0 heterocycles. The van der Waals surface area contributed by atoms with E-state index in [0.717, 1.165) is 11.3 Å². The molecule has 0 unspecified atom stereocenters. The molecule has 1 aromatic carbocycles. The Balaban J connectivity index is 2.42. The molecule has 17 heavy (non-hydrogen) atoms. The molecule has 0 spiro atoms. The average Bonchev–Trinajstić information content (AvgIpc) is 2.29. The molecule has 1 rings (SSSR count). The Labute approximate surface area is 99.6 Å². The van der Waals surface area contributed by atoms with E-state index >= 15 is 0 Å². The predicted octanol–water partition coefficient (Wildman–Crippen LogP) is 1.38. The van der Waals surface area contributed by atoms with E-state index in [1.54, 1.807) is 6.07 Å². The van der Waals surface area contributed by atoms with Crippen molar-refractivity contribution in [2.75, 3.05) is 25.1 Å². The molecular weight excluding hydrogens is 220 g/mol. The van der Waals surface area contributed by atoms with Gasteiger partial charge >= 0.3 is 5.97 Å². The van der Waals surface area contributed by atoms with Crippen molar-refractivity contribution in [1.82, 2.24) is 0 Å². The Morgan fingerprint density at radius 3 is 3.00 bits per heavy atom. The molecule has 0 atom stereocenters. The van der Waals surface area contributed by atoms with Crippen molar-refractivity contribution in [3.63, 3.8) is 0 Å². The van der Waals surface area contributed by atoms with Crippen molar-refractivity contribution in [2.45, 2.75) is 6.92 Å². The standard InChI is InChI=1S/C12H14N2O3/c1-9-2-3-11(10(6-9)7-13)14-4-5-17-8-12(15)16/h2-3,6,14H,4-5,8H2,1H3,(H,15,16). The lowest BCUT2D eigenvalue weighted by Gasteiger charge is -2.08. The zero-order valence-electron chi connectivity index (χ0n) is 9.56. The number of benzene rings is 1. The molecule has 5 nitrogen and oxygen atoms in total. The van der Waals surface area contributed by atoms with Gasteiger partial charge in [-0.3, -0.25) is 0 Å². The molecule has 0 amide bonds. The summed E-state index contributed by atoms with van der Waals surface area (Å²) in [5, 5.41) is 20.3. The van der Waals surface area contributed by atoms with Crippen molar-refractivity contribution < 1.29 is 14.6 Å². The lowest BCUT2D eigenvalue weighted by Crippen LogP contribution is -2.14. The third-order valence-corrected chi connectivity index (χ3v) is 2.08. The van der Waals surface area contributed by atoms with Crippen LogP contribution in [0.4, 0.5) is 5.69 Å². The van der Waals surface area contributed by atoms with Crippen LogP contribution in [-0.2, 0) is 9.53 Å². The van der Waals surface area contributed by atoms with Gasteiger partial charge in [-0.2, -0.15) is 5.26 Å². The average molecular weight is 234 g/mol. The maximum atomic E-state index is 10.2. The monoisotopic (exact) mass is 234 g/mol. The Kier molecular flexibility index (Phi) is 4.98. The first-order chi connectivity index (χ1) is 8.13. The number of nitrogens with zero attached hydrogens (tertiary/aromatic N) is 1. The summed E-state index contributed by atoms with van der Waals surface area (Å²) in [6.45, 7) is 2.36. The Bertz CT molecular complexity index is 438. The summed E-state index contributed by atoms with van der Waals surface area (Å²) in [7, 11) is 0. The van der Waals surface area contributed by atoms with E-state index in [1.807, 2.05) is 19.1 Å². The second-order valence-electron chi connectivity index (χ2n) is 3.53. The second kappa shape index (κ2) is 6.51. The number of carbonyl (C=O) groups is 1. The van der Waals surface area contributed by atoms with Crippen LogP contribution in [0.15, 0.2) is 18.2 Å². The van der Waals surface area contributed by atoms with Crippen molar-refractivity contribution in [3.05, 3.63) is 29.3 Å². The minimum atomic E-state index is -0.988. The summed E-state index contributed by atoms with van der Waals surface area (Å²) in [6.07, 6.45) is 0. The third kappa shape index (κ3) is 4.53. The number of aryl methyl sites for hydroxylation is 1. The van der Waals surface area contributed by atoms with E-state index in [4.69, 9.17) is 15.1 Å². The highest BCUT2D eigenvalue weighted by Crippen LogP contribution is 2.15. The smallest absolute Gasteiger partial charge is 0.329 e. The fraction of sp³-hybridized carbons (Fsp3) is 0.333. The normalized spacial score (nSPS) is 9.65. The van der Waals surface area contributed by atoms with Crippen LogP contribution >= 0.6 is 0 Å². The first kappa shape index (κ1) is 13.0. The number of hydrogen-bond acceptors (Lipinski definition) is 4. The minimum absolute atomic E-state index is 0.283. The first-order valence-electron chi connectivity index (χ1n) is 5.17. The van der Waals surface area contributed by atoms with Crippen LogP contribution in [0.3, 0.4) is 0 Å². The number of aliphatic carboxylic acids is 1. The van der Waals surface area contributed by atoms with Gasteiger partial charge in [0.1, 0.15) is 12.7 Å². The Hall–Kier alpha value is -2.06. The van der Waals surface area contributed by atoms with Gasteiger partial charge in [0.2, 0.25) is 0 Å². The van der Waals surface area contributed by atoms with Gasteiger partial charge in [-0.1, -0.05) is 6.07 Å². The maximum absolute atomic E-state index is 10.2. The summed E-state index contributed by atoms with van der Waals surface area (Å²) in [5.41, 5.74) is 2.33. The highest BCUT2D eigenvalue weighted by atomic mass is 16.5. The van der Waals surface area contributed by atoms with E-state index in [-0.39, 0.29) is 13.2 Å². The van der Waals surface area contributed by atoms with Gasteiger partial charge in [-0.15, -0.1) is 0 Å². The molecule has 90 valence electrons. The molecule has 0 aliphatic carbocycles. The van der Waals surface area contributed by atoms with Crippen LogP contribution in [0.5, 0.6) is 0 Å². The highest BCUT2D eigenvalue weighted by Gasteiger charge is 2.01. The lowest BCUT2D eigenvalue weighted by atomic mass is 10.1. The number of carboxylic acid groups (broad SMARTS) is 1. The molecule has 0 aromatic heterocycles. The van der Waals surface area contributed by atoms with Crippen molar-refractivity contribution in [3.8, 4) is 6.07 Å². The SMILES string of the molecule is Cc1ccc(NCCOCC(=O)O)c(C#N)c1. The van der Waals surface area contributed by atoms with Crippen LogP contribution in [0.25, 0.3) is 0 Å². The van der Waals surface area contributed by atoms with E-state index in [9.17, 15) is 4.79 Å². The van der Waals surface area contributed by atoms with Crippen molar-refractivity contribution in [2.24, 2.45) is 0 Å². The molecular formula is C12H14N2O3. The van der Waals surface area contributed by atoms with Gasteiger partial charge in [0.05, 0.1) is 17.9 Å². The molecule has 1 aromatic rings. The molecule has 0 radical (unpaired) electrons. The minimum Gasteiger partial charge on any atom is -0.480 e. The number of anilines is 1. The van der Waals surface area contributed by atoms with Gasteiger partial charge < -0.3 is 15.2 Å². The summed E-state index contributed by atoms with van der Waals surface area (Å²) in [4.78, 5) is 10.2. The number of hydrogen-bond donors (Lipinski definition) is 2. The van der Waals surface area contributed by atoms with Crippen molar-refractivity contribution >= 4 is 11.7 Å². The van der Waals surface area contributed by atoms with Crippen LogP contribution in [0.2, 0.25) is 0 Å². The summed E-state index contributed by atoms with van der Waals surface area (Å²) < 4.78 is 4.87. The Morgan fingerprint density at radius 2 is 2.35 bits per heavy atom. The summed E-state index contributed by atoms with van der Waals surface area (Å²) >= 11 is 0. The maximum Gasteiger partial charge on any atom is 0.329 e. The van der Waals surface area contributed by atoms with Gasteiger partial charge in [0.25, 0.3) is 0 Å². The van der Waals surface area contributed by atoms with E-state index in [1.165, 1.54) is 0 Å². The zero-order chi connectivity index (χ0) is 12.7. The fourth-order valence-electron chi connectivity index (χ4n) is 1.32.